The fourth-order valence-corrected chi connectivity index (χ4v) is 3.56. The van der Waals surface area contributed by atoms with Crippen molar-refractivity contribution in [3.63, 3.8) is 0 Å². The maximum atomic E-state index is 12.9. The van der Waals surface area contributed by atoms with E-state index in [4.69, 9.17) is 0 Å². The summed E-state index contributed by atoms with van der Waals surface area (Å²) in [6.45, 7) is 1.17. The third kappa shape index (κ3) is 3.93. The average molecular weight is 379 g/mol. The van der Waals surface area contributed by atoms with E-state index in [1.165, 1.54) is 17.0 Å². The summed E-state index contributed by atoms with van der Waals surface area (Å²) in [6, 6.07) is 4.86. The molecule has 0 aromatic heterocycles. The molecule has 146 valence electrons. The second-order valence-electron chi connectivity index (χ2n) is 7.00. The number of likely N-dealkylation sites (tertiary alicyclic amines) is 1. The van der Waals surface area contributed by atoms with Gasteiger partial charge in [-0.05, 0) is 43.5 Å². The lowest BCUT2D eigenvalue weighted by atomic mass is 9.77. The van der Waals surface area contributed by atoms with E-state index >= 15 is 0 Å². The zero-order chi connectivity index (χ0) is 19.6. The van der Waals surface area contributed by atoms with Crippen LogP contribution >= 0.6 is 0 Å². The molecule has 1 aromatic carbocycles. The number of carbonyl (C=O) groups excluding carboxylic acids is 3. The molecule has 2 atom stereocenters. The topological polar surface area (TPSA) is 119 Å². The Kier molecular flexibility index (Phi) is 5.43. The third-order valence-corrected chi connectivity index (χ3v) is 5.34. The lowest BCUT2D eigenvalue weighted by Gasteiger charge is -2.38. The number of halogens is 1. The van der Waals surface area contributed by atoms with Crippen molar-refractivity contribution in [2.24, 2.45) is 5.41 Å². The van der Waals surface area contributed by atoms with Crippen LogP contribution in [0.15, 0.2) is 24.3 Å². The minimum Gasteiger partial charge on any atom is -0.380 e. The van der Waals surface area contributed by atoms with E-state index in [2.05, 4.69) is 10.6 Å². The number of aliphatic hydroxyl groups is 2. The van der Waals surface area contributed by atoms with Gasteiger partial charge in [-0.3, -0.25) is 14.4 Å². The van der Waals surface area contributed by atoms with Gasteiger partial charge in [0.05, 0.1) is 5.41 Å². The highest BCUT2D eigenvalue weighted by molar-refractivity contribution is 5.98. The van der Waals surface area contributed by atoms with Crippen LogP contribution in [-0.4, -0.2) is 64.7 Å². The van der Waals surface area contributed by atoms with Gasteiger partial charge in [0.1, 0.15) is 5.82 Å². The molecule has 8 nitrogen and oxygen atoms in total. The molecule has 1 spiro atoms. The van der Waals surface area contributed by atoms with Crippen LogP contribution in [0.5, 0.6) is 0 Å². The number of nitrogens with zero attached hydrogens (tertiary/aromatic N) is 1. The number of rotatable bonds is 4. The number of anilines is 1. The van der Waals surface area contributed by atoms with Gasteiger partial charge in [0.25, 0.3) is 11.8 Å². The highest BCUT2D eigenvalue weighted by Gasteiger charge is 2.46. The molecular weight excluding hydrogens is 357 g/mol. The maximum Gasteiger partial charge on any atom is 0.256 e. The number of piperidine rings is 1. The Balaban J connectivity index is 1.55. The molecule has 9 heteroatoms. The highest BCUT2D eigenvalue weighted by atomic mass is 19.1. The Bertz CT molecular complexity index is 731. The molecule has 3 amide bonds. The van der Waals surface area contributed by atoms with Crippen molar-refractivity contribution in [3.05, 3.63) is 30.1 Å². The SMILES string of the molecule is O=C(Nc1ccc(F)cc1)[C@H](O)[C@@H](O)C(=O)N1CCC2(CCNC2=O)CC1. The number of aliphatic hydroxyl groups excluding tert-OH is 2. The summed E-state index contributed by atoms with van der Waals surface area (Å²) in [5.74, 6) is -2.22. The van der Waals surface area contributed by atoms with Crippen LogP contribution in [-0.2, 0) is 14.4 Å². The second kappa shape index (κ2) is 7.61. The first-order chi connectivity index (χ1) is 12.8. The van der Waals surface area contributed by atoms with Gasteiger partial charge in [-0.2, -0.15) is 0 Å². The van der Waals surface area contributed by atoms with Crippen molar-refractivity contribution < 1.29 is 29.0 Å². The van der Waals surface area contributed by atoms with Crippen molar-refractivity contribution in [3.8, 4) is 0 Å². The summed E-state index contributed by atoms with van der Waals surface area (Å²) < 4.78 is 12.9. The van der Waals surface area contributed by atoms with Gasteiger partial charge in [-0.1, -0.05) is 0 Å². The third-order valence-electron chi connectivity index (χ3n) is 5.34. The molecule has 4 N–H and O–H groups in total. The molecule has 1 aromatic rings. The van der Waals surface area contributed by atoms with E-state index in [-0.39, 0.29) is 24.7 Å². The molecule has 0 bridgehead atoms. The van der Waals surface area contributed by atoms with Crippen molar-refractivity contribution in [2.45, 2.75) is 31.5 Å². The summed E-state index contributed by atoms with van der Waals surface area (Å²) >= 11 is 0. The van der Waals surface area contributed by atoms with Crippen LogP contribution in [0.3, 0.4) is 0 Å². The molecule has 0 unspecified atom stereocenters. The van der Waals surface area contributed by atoms with Crippen LogP contribution in [0, 0.1) is 11.2 Å². The number of nitrogens with one attached hydrogen (secondary N) is 2. The molecular formula is C18H22FN3O5. The van der Waals surface area contributed by atoms with Gasteiger partial charge in [0.15, 0.2) is 12.2 Å². The number of hydrogen-bond donors (Lipinski definition) is 4. The summed E-state index contributed by atoms with van der Waals surface area (Å²) in [5, 5.41) is 25.2. The number of hydrogen-bond acceptors (Lipinski definition) is 5. The van der Waals surface area contributed by atoms with Crippen molar-refractivity contribution in [1.29, 1.82) is 0 Å². The smallest absolute Gasteiger partial charge is 0.256 e. The molecule has 2 saturated heterocycles. The Labute approximate surface area is 155 Å². The number of amides is 3. The van der Waals surface area contributed by atoms with Gasteiger partial charge >= 0.3 is 0 Å². The van der Waals surface area contributed by atoms with Gasteiger partial charge < -0.3 is 25.7 Å². The standard InChI is InChI=1S/C18H22FN3O5/c19-11-1-3-12(4-2-11)21-15(25)13(23)14(24)16(26)22-9-6-18(7-10-22)5-8-20-17(18)27/h1-4,13-14,23-24H,5-10H2,(H,20,27)(H,21,25)/t13-,14-/m1/s1. The van der Waals surface area contributed by atoms with Crippen LogP contribution < -0.4 is 10.6 Å². The molecule has 0 saturated carbocycles. The molecule has 3 rings (SSSR count). The zero-order valence-electron chi connectivity index (χ0n) is 14.7. The van der Waals surface area contributed by atoms with Gasteiger partial charge in [-0.25, -0.2) is 4.39 Å². The summed E-state index contributed by atoms with van der Waals surface area (Å²) in [5.41, 5.74) is -0.229. The van der Waals surface area contributed by atoms with Crippen molar-refractivity contribution in [2.75, 3.05) is 25.0 Å². The quantitative estimate of drug-likeness (QED) is 0.568. The normalized spacial score (nSPS) is 20.9. The number of carbonyl (C=O) groups is 3. The first-order valence-electron chi connectivity index (χ1n) is 8.82. The molecule has 2 heterocycles. The maximum absolute atomic E-state index is 12.9. The number of benzene rings is 1. The van der Waals surface area contributed by atoms with E-state index < -0.39 is 35.3 Å². The van der Waals surface area contributed by atoms with E-state index in [1.54, 1.807) is 0 Å². The van der Waals surface area contributed by atoms with Crippen LogP contribution in [0.2, 0.25) is 0 Å². The molecule has 2 fully saturated rings. The second-order valence-corrected chi connectivity index (χ2v) is 7.00. The lowest BCUT2D eigenvalue weighted by molar-refractivity contribution is -0.154. The molecule has 2 aliphatic rings. The van der Waals surface area contributed by atoms with Crippen molar-refractivity contribution in [1.82, 2.24) is 10.2 Å². The molecule has 0 radical (unpaired) electrons. The Morgan fingerprint density at radius 3 is 2.30 bits per heavy atom. The fourth-order valence-electron chi connectivity index (χ4n) is 3.56. The largest absolute Gasteiger partial charge is 0.380 e. The summed E-state index contributed by atoms with van der Waals surface area (Å²) in [7, 11) is 0. The Hall–Kier alpha value is -2.52. The minimum atomic E-state index is -1.96. The predicted octanol–water partition coefficient (Wildman–Crippen LogP) is -0.385. The molecule has 2 aliphatic heterocycles. The van der Waals surface area contributed by atoms with E-state index in [0.717, 1.165) is 18.6 Å². The van der Waals surface area contributed by atoms with E-state index in [9.17, 15) is 29.0 Å². The van der Waals surface area contributed by atoms with E-state index in [1.807, 2.05) is 0 Å². The highest BCUT2D eigenvalue weighted by Crippen LogP contribution is 2.38. The molecule has 0 aliphatic carbocycles. The Morgan fingerprint density at radius 2 is 1.74 bits per heavy atom. The summed E-state index contributed by atoms with van der Waals surface area (Å²) in [6.07, 6.45) is -2.20. The predicted molar refractivity (Wildman–Crippen MR) is 92.9 cm³/mol. The molecule has 27 heavy (non-hydrogen) atoms. The minimum absolute atomic E-state index is 0.00569. The summed E-state index contributed by atoms with van der Waals surface area (Å²) in [4.78, 5) is 37.8. The van der Waals surface area contributed by atoms with Crippen LogP contribution in [0.25, 0.3) is 0 Å². The van der Waals surface area contributed by atoms with Crippen LogP contribution in [0.1, 0.15) is 19.3 Å². The van der Waals surface area contributed by atoms with Crippen molar-refractivity contribution >= 4 is 23.4 Å². The van der Waals surface area contributed by atoms with E-state index in [0.29, 0.717) is 19.4 Å². The average Bonchev–Trinajstić information content (AvgIpc) is 3.02. The Morgan fingerprint density at radius 1 is 1.11 bits per heavy atom. The first-order valence-corrected chi connectivity index (χ1v) is 8.82. The first kappa shape index (κ1) is 19.2. The monoisotopic (exact) mass is 379 g/mol. The van der Waals surface area contributed by atoms with Gasteiger partial charge in [-0.15, -0.1) is 0 Å². The fraction of sp³-hybridized carbons (Fsp3) is 0.500. The van der Waals surface area contributed by atoms with Gasteiger partial charge in [0, 0.05) is 25.3 Å². The lowest BCUT2D eigenvalue weighted by Crippen LogP contribution is -2.53. The van der Waals surface area contributed by atoms with Gasteiger partial charge in [0.2, 0.25) is 5.91 Å². The van der Waals surface area contributed by atoms with Crippen LogP contribution in [0.4, 0.5) is 10.1 Å². The zero-order valence-corrected chi connectivity index (χ0v) is 14.7.